The average Bonchev–Trinajstić information content (AvgIpc) is 2.55. The van der Waals surface area contributed by atoms with Gasteiger partial charge >= 0.3 is 5.63 Å². The minimum absolute atomic E-state index is 0.303. The zero-order chi connectivity index (χ0) is 17.1. The van der Waals surface area contributed by atoms with Gasteiger partial charge in [-0.15, -0.1) is 12.6 Å². The maximum atomic E-state index is 12.4. The molecular formula is C21H22O2S. The Morgan fingerprint density at radius 1 is 1.00 bits per heavy atom. The van der Waals surface area contributed by atoms with Crippen molar-refractivity contribution in [3.05, 3.63) is 64.0 Å². The number of aryl methyl sites for hydroxylation is 2. The maximum absolute atomic E-state index is 12.4. The SMILES string of the molecule is CCCCCc1ccc(-c2cc3ccc(S)cc3oc2=O)c(C)c1. The van der Waals surface area contributed by atoms with Crippen LogP contribution in [0.2, 0.25) is 0 Å². The molecule has 2 nitrogen and oxygen atoms in total. The van der Waals surface area contributed by atoms with Gasteiger partial charge in [0.25, 0.3) is 0 Å². The highest BCUT2D eigenvalue weighted by atomic mass is 32.1. The summed E-state index contributed by atoms with van der Waals surface area (Å²) in [5.41, 5.74) is 4.27. The van der Waals surface area contributed by atoms with Crippen molar-refractivity contribution in [2.75, 3.05) is 0 Å². The lowest BCUT2D eigenvalue weighted by Gasteiger charge is -2.09. The lowest BCUT2D eigenvalue weighted by atomic mass is 9.97. The second kappa shape index (κ2) is 7.27. The third-order valence-electron chi connectivity index (χ3n) is 4.37. The van der Waals surface area contributed by atoms with Crippen LogP contribution in [0.4, 0.5) is 0 Å². The molecule has 0 saturated heterocycles. The minimum Gasteiger partial charge on any atom is -0.422 e. The molecule has 3 aromatic rings. The number of unbranched alkanes of at least 4 members (excludes halogenated alkanes) is 2. The summed E-state index contributed by atoms with van der Waals surface area (Å²) in [7, 11) is 0. The highest BCUT2D eigenvalue weighted by Gasteiger charge is 2.11. The third kappa shape index (κ3) is 3.57. The standard InChI is InChI=1S/C21H22O2S/c1-3-4-5-6-15-7-10-18(14(2)11-15)19-12-16-8-9-17(24)13-20(16)23-21(19)22/h7-13,24H,3-6H2,1-2H3. The second-order valence-electron chi connectivity index (χ2n) is 6.28. The van der Waals surface area contributed by atoms with Crippen molar-refractivity contribution in [1.29, 1.82) is 0 Å². The van der Waals surface area contributed by atoms with E-state index in [1.54, 1.807) is 6.07 Å². The largest absolute Gasteiger partial charge is 0.422 e. The zero-order valence-electron chi connectivity index (χ0n) is 14.1. The van der Waals surface area contributed by atoms with E-state index >= 15 is 0 Å². The zero-order valence-corrected chi connectivity index (χ0v) is 15.0. The van der Waals surface area contributed by atoms with E-state index in [4.69, 9.17) is 4.42 Å². The normalized spacial score (nSPS) is 11.1. The molecule has 0 spiro atoms. The molecule has 0 unspecified atom stereocenters. The molecule has 0 N–H and O–H groups in total. The number of thiol groups is 1. The van der Waals surface area contributed by atoms with Crippen molar-refractivity contribution < 1.29 is 4.42 Å². The Morgan fingerprint density at radius 3 is 2.58 bits per heavy atom. The number of hydrogen-bond acceptors (Lipinski definition) is 3. The molecule has 0 aliphatic heterocycles. The van der Waals surface area contributed by atoms with E-state index in [-0.39, 0.29) is 5.63 Å². The fourth-order valence-corrected chi connectivity index (χ4v) is 3.24. The van der Waals surface area contributed by atoms with Gasteiger partial charge in [0.2, 0.25) is 0 Å². The van der Waals surface area contributed by atoms with E-state index in [1.807, 2.05) is 24.3 Å². The van der Waals surface area contributed by atoms with Crippen LogP contribution in [0.15, 0.2) is 56.6 Å². The Balaban J connectivity index is 1.99. The first kappa shape index (κ1) is 16.8. The Bertz CT molecular complexity index is 925. The third-order valence-corrected chi connectivity index (χ3v) is 4.65. The van der Waals surface area contributed by atoms with Crippen molar-refractivity contribution in [1.82, 2.24) is 0 Å². The lowest BCUT2D eigenvalue weighted by molar-refractivity contribution is 0.562. The first-order valence-corrected chi connectivity index (χ1v) is 8.90. The highest BCUT2D eigenvalue weighted by Crippen LogP contribution is 2.26. The Morgan fingerprint density at radius 2 is 1.83 bits per heavy atom. The average molecular weight is 338 g/mol. The van der Waals surface area contributed by atoms with Crippen LogP contribution in [0.1, 0.15) is 37.3 Å². The van der Waals surface area contributed by atoms with Crippen LogP contribution >= 0.6 is 12.6 Å². The van der Waals surface area contributed by atoms with E-state index in [1.165, 1.54) is 24.8 Å². The van der Waals surface area contributed by atoms with Gasteiger partial charge in [-0.3, -0.25) is 0 Å². The maximum Gasteiger partial charge on any atom is 0.344 e. The van der Waals surface area contributed by atoms with Crippen LogP contribution in [0.25, 0.3) is 22.1 Å². The molecule has 1 heterocycles. The molecule has 0 atom stereocenters. The fourth-order valence-electron chi connectivity index (χ4n) is 3.05. The molecule has 0 radical (unpaired) electrons. The Hall–Kier alpha value is -2.00. The van der Waals surface area contributed by atoms with Crippen LogP contribution < -0.4 is 5.63 Å². The smallest absolute Gasteiger partial charge is 0.344 e. The van der Waals surface area contributed by atoms with E-state index in [2.05, 4.69) is 38.6 Å². The van der Waals surface area contributed by atoms with E-state index in [9.17, 15) is 4.79 Å². The molecule has 0 aliphatic carbocycles. The summed E-state index contributed by atoms with van der Waals surface area (Å²) < 4.78 is 5.49. The van der Waals surface area contributed by atoms with Crippen LogP contribution in [-0.2, 0) is 6.42 Å². The van der Waals surface area contributed by atoms with Crippen molar-refractivity contribution in [3.8, 4) is 11.1 Å². The second-order valence-corrected chi connectivity index (χ2v) is 6.79. The number of benzene rings is 2. The summed E-state index contributed by atoms with van der Waals surface area (Å²) in [6, 6.07) is 13.9. The molecule has 3 heteroatoms. The predicted octanol–water partition coefficient (Wildman–Crippen LogP) is 5.79. The molecule has 1 aromatic heterocycles. The van der Waals surface area contributed by atoms with Crippen LogP contribution in [0.5, 0.6) is 0 Å². The van der Waals surface area contributed by atoms with Crippen LogP contribution in [0.3, 0.4) is 0 Å². The van der Waals surface area contributed by atoms with E-state index < -0.39 is 0 Å². The molecule has 0 bridgehead atoms. The number of hydrogen-bond donors (Lipinski definition) is 1. The summed E-state index contributed by atoms with van der Waals surface area (Å²) >= 11 is 4.29. The van der Waals surface area contributed by atoms with Crippen molar-refractivity contribution in [3.63, 3.8) is 0 Å². The fraction of sp³-hybridized carbons (Fsp3) is 0.286. The van der Waals surface area contributed by atoms with Gasteiger partial charge in [-0.2, -0.15) is 0 Å². The van der Waals surface area contributed by atoms with Gasteiger partial charge < -0.3 is 4.42 Å². The quantitative estimate of drug-likeness (QED) is 0.362. The predicted molar refractivity (Wildman–Crippen MR) is 103 cm³/mol. The van der Waals surface area contributed by atoms with Crippen molar-refractivity contribution >= 4 is 23.6 Å². The first-order chi connectivity index (χ1) is 11.6. The monoisotopic (exact) mass is 338 g/mol. The van der Waals surface area contributed by atoms with Crippen molar-refractivity contribution in [2.45, 2.75) is 44.4 Å². The molecule has 24 heavy (non-hydrogen) atoms. The van der Waals surface area contributed by atoms with Gasteiger partial charge in [-0.25, -0.2) is 4.79 Å². The van der Waals surface area contributed by atoms with Crippen LogP contribution in [0, 0.1) is 6.92 Å². The van der Waals surface area contributed by atoms with Gasteiger partial charge in [0.05, 0.1) is 5.56 Å². The molecule has 0 aliphatic rings. The summed E-state index contributed by atoms with van der Waals surface area (Å²) in [6.45, 7) is 4.27. The molecule has 3 rings (SSSR count). The van der Waals surface area contributed by atoms with E-state index in [0.29, 0.717) is 11.1 Å². The van der Waals surface area contributed by atoms with Gasteiger partial charge in [0, 0.05) is 10.3 Å². The minimum atomic E-state index is -0.303. The summed E-state index contributed by atoms with van der Waals surface area (Å²) in [5, 5.41) is 0.911. The summed E-state index contributed by atoms with van der Waals surface area (Å²) in [6.07, 6.45) is 4.77. The summed E-state index contributed by atoms with van der Waals surface area (Å²) in [4.78, 5) is 13.2. The first-order valence-electron chi connectivity index (χ1n) is 8.45. The topological polar surface area (TPSA) is 30.2 Å². The number of rotatable bonds is 5. The summed E-state index contributed by atoms with van der Waals surface area (Å²) in [5.74, 6) is 0. The van der Waals surface area contributed by atoms with E-state index in [0.717, 1.165) is 27.8 Å². The van der Waals surface area contributed by atoms with Gasteiger partial charge in [0.1, 0.15) is 5.58 Å². The Labute approximate surface area is 147 Å². The molecular weight excluding hydrogens is 316 g/mol. The molecule has 2 aromatic carbocycles. The molecule has 124 valence electrons. The lowest BCUT2D eigenvalue weighted by Crippen LogP contribution is -2.04. The van der Waals surface area contributed by atoms with Gasteiger partial charge in [-0.05, 0) is 54.7 Å². The van der Waals surface area contributed by atoms with Gasteiger partial charge in [-0.1, -0.05) is 44.0 Å². The number of fused-ring (bicyclic) bond motifs is 1. The van der Waals surface area contributed by atoms with Gasteiger partial charge in [0.15, 0.2) is 0 Å². The van der Waals surface area contributed by atoms with Crippen molar-refractivity contribution in [2.24, 2.45) is 0 Å². The molecule has 0 fully saturated rings. The highest BCUT2D eigenvalue weighted by molar-refractivity contribution is 7.80. The Kier molecular flexibility index (Phi) is 5.10. The molecule has 0 amide bonds. The van der Waals surface area contributed by atoms with Crippen LogP contribution in [-0.4, -0.2) is 0 Å². The molecule has 0 saturated carbocycles.